The van der Waals surface area contributed by atoms with Crippen LogP contribution in [-0.2, 0) is 19.1 Å². The summed E-state index contributed by atoms with van der Waals surface area (Å²) in [6, 6.07) is 0. The average molecular weight is 624 g/mol. The van der Waals surface area contributed by atoms with Crippen LogP contribution in [0.4, 0.5) is 0 Å². The van der Waals surface area contributed by atoms with E-state index in [9.17, 15) is 9.59 Å². The number of carbonyl (C=O) groups is 2. The molecule has 0 spiro atoms. The smallest absolute Gasteiger partial charge is 0.305 e. The summed E-state index contributed by atoms with van der Waals surface area (Å²) in [6.07, 6.45) is 31.6. The summed E-state index contributed by atoms with van der Waals surface area (Å²) in [4.78, 5) is 26.6. The Kier molecular flexibility index (Phi) is 33.9. The van der Waals surface area contributed by atoms with Gasteiger partial charge in [0, 0.05) is 12.8 Å². The lowest BCUT2D eigenvalue weighted by Crippen LogP contribution is -2.28. The van der Waals surface area contributed by atoms with Crippen molar-refractivity contribution < 1.29 is 19.1 Å². The fourth-order valence-electron chi connectivity index (χ4n) is 5.68. The molecule has 0 N–H and O–H groups in total. The number of esters is 2. The Morgan fingerprint density at radius 3 is 1.18 bits per heavy atom. The van der Waals surface area contributed by atoms with Crippen molar-refractivity contribution in [2.75, 3.05) is 32.8 Å². The Bertz CT molecular complexity index is 563. The molecule has 44 heavy (non-hydrogen) atoms. The topological polar surface area (TPSA) is 55.8 Å². The predicted molar refractivity (Wildman–Crippen MR) is 189 cm³/mol. The van der Waals surface area contributed by atoms with Gasteiger partial charge in [-0.25, -0.2) is 0 Å². The van der Waals surface area contributed by atoms with Crippen LogP contribution in [0, 0.1) is 5.92 Å². The van der Waals surface area contributed by atoms with E-state index in [0.717, 1.165) is 44.4 Å². The lowest BCUT2D eigenvalue weighted by Gasteiger charge is -2.23. The van der Waals surface area contributed by atoms with Crippen LogP contribution in [0.2, 0.25) is 0 Å². The third-order valence-corrected chi connectivity index (χ3v) is 8.76. The van der Waals surface area contributed by atoms with E-state index in [1.165, 1.54) is 142 Å². The molecule has 0 radical (unpaired) electrons. The van der Waals surface area contributed by atoms with Crippen LogP contribution in [0.25, 0.3) is 0 Å². The van der Waals surface area contributed by atoms with E-state index >= 15 is 0 Å². The lowest BCUT2D eigenvalue weighted by atomic mass is 10.1. The molecule has 0 saturated carbocycles. The monoisotopic (exact) mass is 624 g/mol. The van der Waals surface area contributed by atoms with Crippen LogP contribution in [0.15, 0.2) is 0 Å². The number of ether oxygens (including phenoxy) is 2. The average Bonchev–Trinajstić information content (AvgIpc) is 3.00. The summed E-state index contributed by atoms with van der Waals surface area (Å²) >= 11 is 0. The highest BCUT2D eigenvalue weighted by Gasteiger charge is 2.08. The van der Waals surface area contributed by atoms with Gasteiger partial charge < -0.3 is 14.4 Å². The fourth-order valence-corrected chi connectivity index (χ4v) is 5.68. The molecule has 0 aliphatic carbocycles. The van der Waals surface area contributed by atoms with Crippen LogP contribution in [0.5, 0.6) is 0 Å². The number of nitrogens with zero attached hydrogens (tertiary/aromatic N) is 1. The van der Waals surface area contributed by atoms with Gasteiger partial charge >= 0.3 is 11.9 Å². The van der Waals surface area contributed by atoms with E-state index < -0.39 is 0 Å². The quantitative estimate of drug-likeness (QED) is 0.0519. The number of unbranched alkanes of at least 4 members (excludes halogenated alkanes) is 20. The zero-order chi connectivity index (χ0) is 32.4. The molecule has 0 aromatic heterocycles. The van der Waals surface area contributed by atoms with Gasteiger partial charge in [0.05, 0.1) is 13.2 Å². The zero-order valence-corrected chi connectivity index (χ0v) is 30.3. The van der Waals surface area contributed by atoms with Crippen LogP contribution in [0.1, 0.15) is 201 Å². The predicted octanol–water partition coefficient (Wildman–Crippen LogP) is 11.6. The Hall–Kier alpha value is -1.10. The molecule has 0 aliphatic heterocycles. The van der Waals surface area contributed by atoms with Crippen LogP contribution < -0.4 is 0 Å². The van der Waals surface area contributed by atoms with E-state index in [0.29, 0.717) is 26.1 Å². The molecule has 0 saturated heterocycles. The van der Waals surface area contributed by atoms with Gasteiger partial charge in [-0.3, -0.25) is 9.59 Å². The van der Waals surface area contributed by atoms with Gasteiger partial charge in [0.1, 0.15) is 0 Å². The van der Waals surface area contributed by atoms with E-state index in [-0.39, 0.29) is 11.9 Å². The van der Waals surface area contributed by atoms with E-state index in [4.69, 9.17) is 9.47 Å². The molecule has 0 amide bonds. The minimum atomic E-state index is -0.00502. The van der Waals surface area contributed by atoms with Crippen LogP contribution in [-0.4, -0.2) is 49.7 Å². The van der Waals surface area contributed by atoms with Gasteiger partial charge in [-0.05, 0) is 70.5 Å². The van der Waals surface area contributed by atoms with Gasteiger partial charge in [0.25, 0.3) is 0 Å². The maximum absolute atomic E-state index is 12.0. The summed E-state index contributed by atoms with van der Waals surface area (Å²) in [7, 11) is 0. The summed E-state index contributed by atoms with van der Waals surface area (Å²) in [5.41, 5.74) is 0. The lowest BCUT2D eigenvalue weighted by molar-refractivity contribution is -0.144. The first-order valence-corrected chi connectivity index (χ1v) is 19.5. The highest BCUT2D eigenvalue weighted by molar-refractivity contribution is 5.69. The summed E-state index contributed by atoms with van der Waals surface area (Å²) in [5, 5.41) is 0. The van der Waals surface area contributed by atoms with Crippen molar-refractivity contribution in [3.8, 4) is 0 Å². The Balaban J connectivity index is 3.73. The molecule has 0 aliphatic rings. The Morgan fingerprint density at radius 2 is 0.795 bits per heavy atom. The van der Waals surface area contributed by atoms with Gasteiger partial charge in [-0.15, -0.1) is 0 Å². The molecular formula is C39H77NO4. The van der Waals surface area contributed by atoms with Gasteiger partial charge in [0.2, 0.25) is 0 Å². The first-order chi connectivity index (χ1) is 21.5. The van der Waals surface area contributed by atoms with Crippen molar-refractivity contribution in [2.24, 2.45) is 5.92 Å². The molecule has 0 unspecified atom stereocenters. The summed E-state index contributed by atoms with van der Waals surface area (Å²) < 4.78 is 10.8. The SMILES string of the molecule is CCCCCCCCCOC(=O)CCCCCCCN(CCCCCCCC(=O)OCCCCCCCCC)CCC(C)C. The second-order valence-electron chi connectivity index (χ2n) is 13.7. The summed E-state index contributed by atoms with van der Waals surface area (Å²) in [6.45, 7) is 13.9. The van der Waals surface area contributed by atoms with Gasteiger partial charge in [0.15, 0.2) is 0 Å². The number of carbonyl (C=O) groups excluding carboxylic acids is 2. The van der Waals surface area contributed by atoms with Crippen LogP contribution in [0.3, 0.4) is 0 Å². The molecule has 0 rings (SSSR count). The third kappa shape index (κ3) is 33.8. The van der Waals surface area contributed by atoms with Crippen molar-refractivity contribution in [3.63, 3.8) is 0 Å². The van der Waals surface area contributed by atoms with Gasteiger partial charge in [-0.2, -0.15) is 0 Å². The fraction of sp³-hybridized carbons (Fsp3) is 0.949. The second kappa shape index (κ2) is 34.8. The largest absolute Gasteiger partial charge is 0.466 e. The van der Waals surface area contributed by atoms with Crippen molar-refractivity contribution >= 4 is 11.9 Å². The highest BCUT2D eigenvalue weighted by Crippen LogP contribution is 2.13. The molecule has 0 aromatic rings. The van der Waals surface area contributed by atoms with Crippen molar-refractivity contribution in [2.45, 2.75) is 201 Å². The second-order valence-corrected chi connectivity index (χ2v) is 13.7. The normalized spacial score (nSPS) is 11.5. The molecule has 5 heteroatoms. The zero-order valence-electron chi connectivity index (χ0n) is 30.3. The highest BCUT2D eigenvalue weighted by atomic mass is 16.5. The molecule has 0 fully saturated rings. The minimum absolute atomic E-state index is 0.00502. The molecule has 0 aromatic carbocycles. The molecular weight excluding hydrogens is 546 g/mol. The molecule has 0 heterocycles. The van der Waals surface area contributed by atoms with Crippen LogP contribution >= 0.6 is 0 Å². The Morgan fingerprint density at radius 1 is 0.455 bits per heavy atom. The van der Waals surface area contributed by atoms with Gasteiger partial charge in [-0.1, -0.05) is 143 Å². The number of hydrogen-bond acceptors (Lipinski definition) is 5. The molecule has 0 atom stereocenters. The summed E-state index contributed by atoms with van der Waals surface area (Å²) in [5.74, 6) is 0.734. The van der Waals surface area contributed by atoms with Crippen molar-refractivity contribution in [1.29, 1.82) is 0 Å². The third-order valence-electron chi connectivity index (χ3n) is 8.76. The molecule has 0 bridgehead atoms. The first kappa shape index (κ1) is 42.9. The number of hydrogen-bond donors (Lipinski definition) is 0. The van der Waals surface area contributed by atoms with E-state index in [2.05, 4.69) is 32.6 Å². The maximum atomic E-state index is 12.0. The Labute approximate surface area is 275 Å². The maximum Gasteiger partial charge on any atom is 0.305 e. The first-order valence-electron chi connectivity index (χ1n) is 19.5. The minimum Gasteiger partial charge on any atom is -0.466 e. The van der Waals surface area contributed by atoms with Crippen molar-refractivity contribution in [3.05, 3.63) is 0 Å². The van der Waals surface area contributed by atoms with Crippen molar-refractivity contribution in [1.82, 2.24) is 4.90 Å². The molecule has 262 valence electrons. The number of rotatable bonds is 35. The standard InChI is InChI=1S/C39H77NO4/c1-5-7-9-11-13-21-27-35-43-38(41)29-23-17-15-19-25-32-40(34-31-37(3)4)33-26-20-16-18-24-30-39(42)44-36-28-22-14-12-10-8-6-2/h37H,5-36H2,1-4H3. The molecule has 5 nitrogen and oxygen atoms in total. The van der Waals surface area contributed by atoms with E-state index in [1.807, 2.05) is 0 Å². The van der Waals surface area contributed by atoms with E-state index in [1.54, 1.807) is 0 Å².